The smallest absolute Gasteiger partial charge is 0.323 e. The highest BCUT2D eigenvalue weighted by molar-refractivity contribution is 7.89. The van der Waals surface area contributed by atoms with Crippen molar-refractivity contribution in [3.05, 3.63) is 59.7 Å². The Bertz CT molecular complexity index is 952. The second-order valence-electron chi connectivity index (χ2n) is 7.95. The molecular weight excluding hydrogens is 460 g/mol. The largest absolute Gasteiger partial charge is 0.417 e. The van der Waals surface area contributed by atoms with Gasteiger partial charge in [0.1, 0.15) is 7.14 Å². The van der Waals surface area contributed by atoms with E-state index in [4.69, 9.17) is 0 Å². The Hall–Kier alpha value is -1.52. The van der Waals surface area contributed by atoms with Crippen LogP contribution in [0.5, 0.6) is 0 Å². The van der Waals surface area contributed by atoms with E-state index in [1.807, 2.05) is 0 Å². The Labute approximate surface area is 177 Å². The van der Waals surface area contributed by atoms with Crippen LogP contribution in [0.3, 0.4) is 0 Å². The van der Waals surface area contributed by atoms with Gasteiger partial charge in [0.05, 0.1) is 17.0 Å². The minimum atomic E-state index is -4.95. The molecule has 0 saturated heterocycles. The summed E-state index contributed by atoms with van der Waals surface area (Å²) >= 11 is 0. The summed E-state index contributed by atoms with van der Waals surface area (Å²) in [5.41, 5.74) is -3.71. The summed E-state index contributed by atoms with van der Waals surface area (Å²) in [5, 5.41) is -1.50. The average molecular weight is 484 g/mol. The number of hydrogen-bond acceptors (Lipinski definition) is 2. The molecule has 0 bridgehead atoms. The van der Waals surface area contributed by atoms with Gasteiger partial charge in [0, 0.05) is 21.9 Å². The first kappa shape index (κ1) is 25.7. The van der Waals surface area contributed by atoms with E-state index >= 15 is 0 Å². The van der Waals surface area contributed by atoms with Crippen molar-refractivity contribution in [2.75, 3.05) is 5.90 Å². The van der Waals surface area contributed by atoms with Crippen LogP contribution in [0.4, 0.5) is 26.3 Å². The summed E-state index contributed by atoms with van der Waals surface area (Å²) in [6.45, 7) is 6.32. The zero-order chi connectivity index (χ0) is 23.8. The monoisotopic (exact) mass is 484 g/mol. The van der Waals surface area contributed by atoms with Crippen LogP contribution in [-0.4, -0.2) is 17.2 Å². The number of alkyl halides is 6. The zero-order valence-corrected chi connectivity index (χ0v) is 19.2. The maximum Gasteiger partial charge on any atom is 0.417 e. The van der Waals surface area contributed by atoms with Crippen molar-refractivity contribution in [2.24, 2.45) is 0 Å². The molecule has 0 amide bonds. The van der Waals surface area contributed by atoms with Crippen LogP contribution in [0.15, 0.2) is 48.5 Å². The quantitative estimate of drug-likeness (QED) is 0.322. The predicted molar refractivity (Wildman–Crippen MR) is 113 cm³/mol. The first-order chi connectivity index (χ1) is 14.0. The standard InChI is InChI=1S/C21H24F6O2P2/c1-14(2)30(28,15(3)4)13-31(29,18-11-7-5-9-16(18)20(22,23)24)19-12-8-6-10-17(19)21(25,26)27/h5-12,14-15H,13H2,1-4H3. The number of halogens is 6. The van der Waals surface area contributed by atoms with Crippen LogP contribution in [0.2, 0.25) is 0 Å². The fourth-order valence-corrected chi connectivity index (χ4v) is 13.2. The van der Waals surface area contributed by atoms with E-state index in [-0.39, 0.29) is 0 Å². The first-order valence-corrected chi connectivity index (χ1v) is 13.5. The number of rotatable bonds is 6. The average Bonchev–Trinajstić information content (AvgIpc) is 2.66. The Balaban J connectivity index is 2.98. The molecular formula is C21H24F6O2P2. The summed E-state index contributed by atoms with van der Waals surface area (Å²) in [7, 11) is -8.08. The van der Waals surface area contributed by atoms with Gasteiger partial charge in [0.2, 0.25) is 0 Å². The highest BCUT2D eigenvalue weighted by atomic mass is 31.2. The van der Waals surface area contributed by atoms with Crippen molar-refractivity contribution >= 4 is 24.9 Å². The lowest BCUT2D eigenvalue weighted by Gasteiger charge is -2.33. The fraction of sp³-hybridized carbons (Fsp3) is 0.429. The van der Waals surface area contributed by atoms with Gasteiger partial charge in [-0.2, -0.15) is 26.3 Å². The van der Waals surface area contributed by atoms with Crippen LogP contribution < -0.4 is 10.6 Å². The Kier molecular flexibility index (Phi) is 7.29. The second kappa shape index (κ2) is 8.78. The van der Waals surface area contributed by atoms with E-state index in [0.717, 1.165) is 24.3 Å². The van der Waals surface area contributed by atoms with Gasteiger partial charge >= 0.3 is 12.4 Å². The SMILES string of the molecule is CC(C)P(=O)(CP(=O)(c1ccccc1C(F)(F)F)c1ccccc1C(F)(F)F)C(C)C. The molecule has 0 aliphatic rings. The minimum Gasteiger partial charge on any atom is -0.323 e. The first-order valence-electron chi connectivity index (χ1n) is 9.56. The summed E-state index contributed by atoms with van der Waals surface area (Å²) in [4.78, 5) is 0. The van der Waals surface area contributed by atoms with E-state index in [9.17, 15) is 35.5 Å². The molecule has 0 heterocycles. The second-order valence-corrected chi connectivity index (χ2v) is 15.3. The molecule has 0 saturated carbocycles. The van der Waals surface area contributed by atoms with E-state index in [1.165, 1.54) is 12.1 Å². The molecule has 0 unspecified atom stereocenters. The van der Waals surface area contributed by atoms with Crippen molar-refractivity contribution in [1.29, 1.82) is 0 Å². The fourth-order valence-electron chi connectivity index (χ4n) is 3.57. The van der Waals surface area contributed by atoms with Crippen LogP contribution >= 0.6 is 14.3 Å². The van der Waals surface area contributed by atoms with Crippen molar-refractivity contribution in [3.8, 4) is 0 Å². The number of benzene rings is 2. The summed E-state index contributed by atoms with van der Waals surface area (Å²) < 4.78 is 111. The molecule has 0 radical (unpaired) electrons. The Morgan fingerprint density at radius 2 is 1.00 bits per heavy atom. The normalized spacial score (nSPS) is 13.8. The molecule has 0 atom stereocenters. The van der Waals surface area contributed by atoms with Crippen LogP contribution in [-0.2, 0) is 21.5 Å². The number of hydrogen-bond donors (Lipinski definition) is 0. The molecule has 0 aliphatic carbocycles. The van der Waals surface area contributed by atoms with Gasteiger partial charge in [-0.05, 0) is 12.1 Å². The summed E-state index contributed by atoms with van der Waals surface area (Å²) in [5.74, 6) is -0.754. The molecule has 0 aliphatic heterocycles. The molecule has 0 aromatic heterocycles. The molecule has 10 heteroatoms. The minimum absolute atomic E-state index is 0.572. The predicted octanol–water partition coefficient (Wildman–Crippen LogP) is 7.18. The maximum atomic E-state index is 14.4. The van der Waals surface area contributed by atoms with Crippen molar-refractivity contribution in [3.63, 3.8) is 0 Å². The van der Waals surface area contributed by atoms with Gasteiger partial charge in [-0.15, -0.1) is 0 Å². The molecule has 0 N–H and O–H groups in total. The lowest BCUT2D eigenvalue weighted by atomic mass is 10.2. The molecule has 2 aromatic rings. The zero-order valence-electron chi connectivity index (χ0n) is 17.5. The third-order valence-electron chi connectivity index (χ3n) is 5.37. The van der Waals surface area contributed by atoms with Gasteiger partial charge < -0.3 is 9.13 Å². The van der Waals surface area contributed by atoms with Crippen LogP contribution in [0.25, 0.3) is 0 Å². The van der Waals surface area contributed by atoms with Crippen molar-refractivity contribution in [1.82, 2.24) is 0 Å². The maximum absolute atomic E-state index is 14.4. The van der Waals surface area contributed by atoms with Crippen LogP contribution in [0.1, 0.15) is 38.8 Å². The molecule has 31 heavy (non-hydrogen) atoms. The highest BCUT2D eigenvalue weighted by Gasteiger charge is 2.48. The van der Waals surface area contributed by atoms with Gasteiger partial charge in [-0.25, -0.2) is 0 Å². The summed E-state index contributed by atoms with van der Waals surface area (Å²) in [6.07, 6.45) is -9.89. The van der Waals surface area contributed by atoms with Gasteiger partial charge in [0.15, 0.2) is 7.14 Å². The molecule has 2 aromatic carbocycles. The van der Waals surface area contributed by atoms with Gasteiger partial charge in [-0.3, -0.25) is 0 Å². The Morgan fingerprint density at radius 3 is 1.29 bits per heavy atom. The summed E-state index contributed by atoms with van der Waals surface area (Å²) in [6, 6.07) is 7.80. The van der Waals surface area contributed by atoms with Crippen molar-refractivity contribution < 1.29 is 35.5 Å². The molecule has 0 fully saturated rings. The highest BCUT2D eigenvalue weighted by Crippen LogP contribution is 2.66. The molecule has 2 rings (SSSR count). The van der Waals surface area contributed by atoms with E-state index in [2.05, 4.69) is 0 Å². The lowest BCUT2D eigenvalue weighted by Crippen LogP contribution is -2.31. The molecule has 0 spiro atoms. The lowest BCUT2D eigenvalue weighted by molar-refractivity contribution is -0.137. The molecule has 2 nitrogen and oxygen atoms in total. The van der Waals surface area contributed by atoms with E-state index in [1.54, 1.807) is 27.7 Å². The molecule has 172 valence electrons. The van der Waals surface area contributed by atoms with E-state index < -0.39 is 65.6 Å². The van der Waals surface area contributed by atoms with E-state index in [0.29, 0.717) is 12.1 Å². The van der Waals surface area contributed by atoms with Gasteiger partial charge in [-0.1, -0.05) is 64.1 Å². The van der Waals surface area contributed by atoms with Gasteiger partial charge in [0.25, 0.3) is 0 Å². The third kappa shape index (κ3) is 5.12. The topological polar surface area (TPSA) is 34.1 Å². The van der Waals surface area contributed by atoms with Crippen molar-refractivity contribution in [2.45, 2.75) is 51.4 Å². The Morgan fingerprint density at radius 1 is 0.677 bits per heavy atom. The third-order valence-corrected chi connectivity index (χ3v) is 14.6. The van der Waals surface area contributed by atoms with Crippen LogP contribution in [0, 0.1) is 0 Å².